The van der Waals surface area contributed by atoms with Crippen LogP contribution in [0.1, 0.15) is 31.7 Å². The smallest absolute Gasteiger partial charge is 0.336 e. The van der Waals surface area contributed by atoms with Gasteiger partial charge in [-0.3, -0.25) is 4.79 Å². The van der Waals surface area contributed by atoms with Crippen LogP contribution in [0, 0.1) is 5.92 Å². The van der Waals surface area contributed by atoms with E-state index in [4.69, 9.17) is 25.8 Å². The molecule has 0 bridgehead atoms. The molecule has 7 heteroatoms. The van der Waals surface area contributed by atoms with Crippen molar-refractivity contribution in [3.05, 3.63) is 46.1 Å². The van der Waals surface area contributed by atoms with Gasteiger partial charge < -0.3 is 19.1 Å². The summed E-state index contributed by atoms with van der Waals surface area (Å²) in [6, 6.07) is 7.16. The summed E-state index contributed by atoms with van der Waals surface area (Å²) in [7, 11) is 2.68. The fourth-order valence-corrected chi connectivity index (χ4v) is 4.53. The van der Waals surface area contributed by atoms with E-state index < -0.39 is 29.5 Å². The van der Waals surface area contributed by atoms with Crippen LogP contribution in [0.5, 0.6) is 0 Å². The third kappa shape index (κ3) is 3.21. The number of benzene rings is 1. The molecule has 2 aliphatic heterocycles. The second-order valence-electron chi connectivity index (χ2n) is 6.93. The molecule has 1 fully saturated rings. The largest absolute Gasteiger partial charge is 0.469 e. The van der Waals surface area contributed by atoms with Crippen molar-refractivity contribution in [2.75, 3.05) is 27.4 Å². The van der Waals surface area contributed by atoms with Gasteiger partial charge in [0.2, 0.25) is 0 Å². The monoisotopic (exact) mass is 393 g/mol. The molecular weight excluding hydrogens is 370 g/mol. The second kappa shape index (κ2) is 7.52. The minimum atomic E-state index is -0.931. The Hall–Kier alpha value is -2.05. The highest BCUT2D eigenvalue weighted by molar-refractivity contribution is 6.30. The van der Waals surface area contributed by atoms with Crippen molar-refractivity contribution >= 4 is 23.5 Å². The van der Waals surface area contributed by atoms with Gasteiger partial charge in [-0.05, 0) is 38.0 Å². The number of rotatable bonds is 3. The summed E-state index contributed by atoms with van der Waals surface area (Å²) in [5.41, 5.74) is 0.986. The molecule has 0 unspecified atom stereocenters. The molecule has 1 saturated heterocycles. The number of halogens is 1. The van der Waals surface area contributed by atoms with Crippen molar-refractivity contribution in [2.24, 2.45) is 5.92 Å². The normalized spacial score (nSPS) is 27.8. The maximum Gasteiger partial charge on any atom is 0.336 e. The first kappa shape index (κ1) is 19.7. The highest BCUT2D eigenvalue weighted by Gasteiger charge is 2.57. The molecule has 1 aromatic rings. The molecule has 0 amide bonds. The minimum Gasteiger partial charge on any atom is -0.469 e. The average molecular weight is 394 g/mol. The van der Waals surface area contributed by atoms with E-state index in [1.54, 1.807) is 18.2 Å². The summed E-state index contributed by atoms with van der Waals surface area (Å²) in [5, 5.41) is 0.523. The van der Waals surface area contributed by atoms with Crippen LogP contribution in [0.3, 0.4) is 0 Å². The molecule has 27 heavy (non-hydrogen) atoms. The Balaban J connectivity index is 2.29. The Morgan fingerprint density at radius 2 is 2.04 bits per heavy atom. The Morgan fingerprint density at radius 1 is 1.30 bits per heavy atom. The maximum atomic E-state index is 12.9. The molecule has 2 aliphatic rings. The molecule has 1 aromatic carbocycles. The number of fused-ring (bicyclic) bond motifs is 1. The second-order valence-corrected chi connectivity index (χ2v) is 7.37. The lowest BCUT2D eigenvalue weighted by atomic mass is 9.70. The first-order chi connectivity index (χ1) is 12.8. The summed E-state index contributed by atoms with van der Waals surface area (Å²) in [6.07, 6.45) is 0.803. The zero-order chi connectivity index (χ0) is 19.8. The van der Waals surface area contributed by atoms with Gasteiger partial charge in [0, 0.05) is 23.2 Å². The number of allylic oxidation sites excluding steroid dienone is 1. The van der Waals surface area contributed by atoms with E-state index in [-0.39, 0.29) is 0 Å². The van der Waals surface area contributed by atoms with E-state index in [2.05, 4.69) is 0 Å². The third-order valence-electron chi connectivity index (χ3n) is 5.54. The fourth-order valence-electron chi connectivity index (χ4n) is 4.33. The van der Waals surface area contributed by atoms with Crippen molar-refractivity contribution in [1.82, 2.24) is 4.90 Å². The number of ether oxygens (including phenoxy) is 3. The first-order valence-electron chi connectivity index (χ1n) is 8.89. The summed E-state index contributed by atoms with van der Waals surface area (Å²) in [6.45, 7) is 4.95. The van der Waals surface area contributed by atoms with Gasteiger partial charge in [-0.15, -0.1) is 0 Å². The molecule has 146 valence electrons. The van der Waals surface area contributed by atoms with Gasteiger partial charge in [0.05, 0.1) is 26.4 Å². The van der Waals surface area contributed by atoms with E-state index in [1.165, 1.54) is 14.2 Å². The van der Waals surface area contributed by atoms with Gasteiger partial charge in [0.1, 0.15) is 5.92 Å². The standard InChI is InChI=1S/C20H24ClNO5/c1-12-15(18(23)25-3)16(13-7-5-8-14(21)11-13)17(19(24)26-4)20(2)22(12)9-6-10-27-20/h5,7-8,11,16-17H,6,9-10H2,1-4H3/t16-,17-,20-/m0/s1. The number of carbonyl (C=O) groups excluding carboxylic acids is 2. The number of esters is 2. The van der Waals surface area contributed by atoms with E-state index in [9.17, 15) is 9.59 Å². The summed E-state index contributed by atoms with van der Waals surface area (Å²) >= 11 is 6.20. The number of hydrogen-bond acceptors (Lipinski definition) is 6. The van der Waals surface area contributed by atoms with E-state index in [1.807, 2.05) is 24.8 Å². The summed E-state index contributed by atoms with van der Waals surface area (Å²) in [5.74, 6) is -2.26. The van der Waals surface area contributed by atoms with Crippen LogP contribution in [0.2, 0.25) is 5.02 Å². The Bertz CT molecular complexity index is 792. The molecule has 3 atom stereocenters. The molecule has 0 saturated carbocycles. The predicted molar refractivity (Wildman–Crippen MR) is 100 cm³/mol. The van der Waals surface area contributed by atoms with Crippen molar-refractivity contribution in [3.63, 3.8) is 0 Å². The molecule has 0 N–H and O–H groups in total. The lowest BCUT2D eigenvalue weighted by Gasteiger charge is -2.55. The van der Waals surface area contributed by atoms with Gasteiger partial charge in [0.25, 0.3) is 0 Å². The van der Waals surface area contributed by atoms with E-state index in [0.29, 0.717) is 23.7 Å². The topological polar surface area (TPSA) is 65.1 Å². The van der Waals surface area contributed by atoms with Crippen molar-refractivity contribution in [3.8, 4) is 0 Å². The number of methoxy groups -OCH3 is 2. The molecular formula is C20H24ClNO5. The molecule has 0 aliphatic carbocycles. The lowest BCUT2D eigenvalue weighted by Crippen LogP contribution is -2.63. The van der Waals surface area contributed by atoms with Gasteiger partial charge in [-0.25, -0.2) is 4.79 Å². The van der Waals surface area contributed by atoms with Crippen molar-refractivity contribution < 1.29 is 23.8 Å². The van der Waals surface area contributed by atoms with Crippen LogP contribution in [0.15, 0.2) is 35.5 Å². The van der Waals surface area contributed by atoms with E-state index in [0.717, 1.165) is 17.7 Å². The first-order valence-corrected chi connectivity index (χ1v) is 9.27. The Kier molecular flexibility index (Phi) is 5.49. The van der Waals surface area contributed by atoms with Crippen LogP contribution >= 0.6 is 11.6 Å². The fraction of sp³-hybridized carbons (Fsp3) is 0.500. The Morgan fingerprint density at radius 3 is 2.67 bits per heavy atom. The van der Waals surface area contributed by atoms with Gasteiger partial charge >= 0.3 is 11.9 Å². The molecule has 0 aromatic heterocycles. The quantitative estimate of drug-likeness (QED) is 0.735. The molecule has 0 spiro atoms. The average Bonchev–Trinajstić information content (AvgIpc) is 2.66. The molecule has 0 radical (unpaired) electrons. The molecule has 2 heterocycles. The predicted octanol–water partition coefficient (Wildman–Crippen LogP) is 3.11. The van der Waals surface area contributed by atoms with E-state index >= 15 is 0 Å². The SMILES string of the molecule is COC(=O)C1=C(C)N2CCCO[C@@]2(C)[C@H](C(=O)OC)[C@H]1c1cccc(Cl)c1. The van der Waals surface area contributed by atoms with Crippen LogP contribution in [-0.2, 0) is 23.8 Å². The third-order valence-corrected chi connectivity index (χ3v) is 5.78. The number of carbonyl (C=O) groups is 2. The van der Waals surface area contributed by atoms with Gasteiger partial charge in [-0.1, -0.05) is 23.7 Å². The zero-order valence-corrected chi connectivity index (χ0v) is 16.7. The van der Waals surface area contributed by atoms with Crippen LogP contribution in [0.4, 0.5) is 0 Å². The molecule has 3 rings (SSSR count). The minimum absolute atomic E-state index is 0.429. The number of nitrogens with zero attached hydrogens (tertiary/aromatic N) is 1. The maximum absolute atomic E-state index is 12.9. The summed E-state index contributed by atoms with van der Waals surface area (Å²) < 4.78 is 16.3. The van der Waals surface area contributed by atoms with Gasteiger partial charge in [-0.2, -0.15) is 0 Å². The highest BCUT2D eigenvalue weighted by atomic mass is 35.5. The van der Waals surface area contributed by atoms with Gasteiger partial charge in [0.15, 0.2) is 5.72 Å². The highest BCUT2D eigenvalue weighted by Crippen LogP contribution is 2.50. The van der Waals surface area contributed by atoms with Crippen molar-refractivity contribution in [1.29, 1.82) is 0 Å². The van der Waals surface area contributed by atoms with Crippen LogP contribution in [-0.4, -0.2) is 49.9 Å². The summed E-state index contributed by atoms with van der Waals surface area (Å²) in [4.78, 5) is 27.6. The van der Waals surface area contributed by atoms with Crippen LogP contribution in [0.25, 0.3) is 0 Å². The van der Waals surface area contributed by atoms with Crippen LogP contribution < -0.4 is 0 Å². The molecule has 6 nitrogen and oxygen atoms in total. The Labute approximate surface area is 164 Å². The lowest BCUT2D eigenvalue weighted by molar-refractivity contribution is -0.213. The van der Waals surface area contributed by atoms with Crippen molar-refractivity contribution in [2.45, 2.75) is 31.9 Å². The number of hydrogen-bond donors (Lipinski definition) is 0. The zero-order valence-electron chi connectivity index (χ0n) is 16.0.